The molecule has 0 heterocycles. The fourth-order valence-electron chi connectivity index (χ4n) is 2.43. The highest BCUT2D eigenvalue weighted by Crippen LogP contribution is 2.12. The highest BCUT2D eigenvalue weighted by Gasteiger charge is 2.16. The van der Waals surface area contributed by atoms with Crippen LogP contribution in [-0.4, -0.2) is 63.3 Å². The maximum atomic E-state index is 5.07. The van der Waals surface area contributed by atoms with Crippen molar-refractivity contribution in [3.63, 3.8) is 0 Å². The van der Waals surface area contributed by atoms with Crippen LogP contribution in [-0.2, 0) is 4.74 Å². The smallest absolute Gasteiger partial charge is 0.191 e. The molecule has 0 amide bonds. The number of hydrogen-bond donors (Lipinski definition) is 2. The Morgan fingerprint density at radius 3 is 2.29 bits per heavy atom. The second-order valence-electron chi connectivity index (χ2n) is 5.64. The van der Waals surface area contributed by atoms with Crippen LogP contribution >= 0.6 is 0 Å². The summed E-state index contributed by atoms with van der Waals surface area (Å²) >= 11 is 0. The van der Waals surface area contributed by atoms with Gasteiger partial charge in [-0.1, -0.05) is 27.7 Å². The molecule has 0 bridgehead atoms. The Hall–Kier alpha value is -0.810. The highest BCUT2D eigenvalue weighted by atomic mass is 16.5. The molecule has 5 nitrogen and oxygen atoms in total. The molecular formula is C16H36N4O. The van der Waals surface area contributed by atoms with E-state index in [4.69, 9.17) is 9.73 Å². The summed E-state index contributed by atoms with van der Waals surface area (Å²) in [5.74, 6) is 1.57. The molecule has 0 radical (unpaired) electrons. The molecule has 0 saturated heterocycles. The number of guanidine groups is 1. The zero-order valence-corrected chi connectivity index (χ0v) is 14.9. The van der Waals surface area contributed by atoms with Crippen LogP contribution in [0.5, 0.6) is 0 Å². The van der Waals surface area contributed by atoms with Gasteiger partial charge in [-0.2, -0.15) is 0 Å². The van der Waals surface area contributed by atoms with Gasteiger partial charge in [-0.05, 0) is 32.4 Å². The highest BCUT2D eigenvalue weighted by molar-refractivity contribution is 5.79. The molecule has 0 aliphatic carbocycles. The van der Waals surface area contributed by atoms with Crippen molar-refractivity contribution >= 4 is 5.96 Å². The van der Waals surface area contributed by atoms with Gasteiger partial charge in [0.25, 0.3) is 0 Å². The maximum Gasteiger partial charge on any atom is 0.191 e. The molecule has 0 aliphatic heterocycles. The van der Waals surface area contributed by atoms with E-state index >= 15 is 0 Å². The number of nitrogens with zero attached hydrogens (tertiary/aromatic N) is 2. The molecule has 21 heavy (non-hydrogen) atoms. The van der Waals surface area contributed by atoms with E-state index in [2.05, 4.69) is 50.2 Å². The first-order valence-corrected chi connectivity index (χ1v) is 8.34. The van der Waals surface area contributed by atoms with Crippen LogP contribution in [0.4, 0.5) is 0 Å². The first-order chi connectivity index (χ1) is 10.1. The molecule has 0 aromatic rings. The zero-order chi connectivity index (χ0) is 16.1. The summed E-state index contributed by atoms with van der Waals surface area (Å²) < 4.78 is 5.07. The Labute approximate surface area is 131 Å². The molecule has 1 unspecified atom stereocenters. The van der Waals surface area contributed by atoms with Crippen LogP contribution in [0.2, 0.25) is 0 Å². The normalized spacial score (nSPS) is 13.8. The fourth-order valence-corrected chi connectivity index (χ4v) is 2.43. The number of methoxy groups -OCH3 is 1. The Morgan fingerprint density at radius 1 is 1.14 bits per heavy atom. The van der Waals surface area contributed by atoms with Crippen LogP contribution in [0.25, 0.3) is 0 Å². The van der Waals surface area contributed by atoms with Crippen LogP contribution in [0.15, 0.2) is 4.99 Å². The van der Waals surface area contributed by atoms with Crippen molar-refractivity contribution in [2.24, 2.45) is 10.9 Å². The third-order valence-corrected chi connectivity index (χ3v) is 3.48. The average Bonchev–Trinajstić information content (AvgIpc) is 2.45. The standard InChI is InChI=1S/C16H36N4O/c1-7-17-16(18-10-11-21-6)19-13-15(12-14(4)5)20(8-2)9-3/h14-15H,7-13H2,1-6H3,(H2,17,18,19). The van der Waals surface area contributed by atoms with Gasteiger partial charge in [0.1, 0.15) is 0 Å². The maximum absolute atomic E-state index is 5.07. The van der Waals surface area contributed by atoms with Gasteiger partial charge >= 0.3 is 0 Å². The minimum Gasteiger partial charge on any atom is -0.383 e. The average molecular weight is 300 g/mol. The summed E-state index contributed by atoms with van der Waals surface area (Å²) in [5, 5.41) is 6.59. The summed E-state index contributed by atoms with van der Waals surface area (Å²) in [7, 11) is 1.71. The van der Waals surface area contributed by atoms with Crippen LogP contribution in [0, 0.1) is 5.92 Å². The van der Waals surface area contributed by atoms with E-state index in [1.165, 1.54) is 6.42 Å². The molecule has 0 aromatic heterocycles. The second-order valence-corrected chi connectivity index (χ2v) is 5.64. The predicted molar refractivity (Wildman–Crippen MR) is 92.0 cm³/mol. The van der Waals surface area contributed by atoms with Gasteiger partial charge in [0, 0.05) is 26.2 Å². The lowest BCUT2D eigenvalue weighted by atomic mass is 10.0. The molecule has 0 spiro atoms. The van der Waals surface area contributed by atoms with Crippen molar-refractivity contribution in [2.75, 3.05) is 46.4 Å². The molecule has 0 aliphatic rings. The monoisotopic (exact) mass is 300 g/mol. The Balaban J connectivity index is 4.63. The van der Waals surface area contributed by atoms with Crippen molar-refractivity contribution in [2.45, 2.75) is 47.1 Å². The number of hydrogen-bond acceptors (Lipinski definition) is 3. The van der Waals surface area contributed by atoms with Crippen LogP contribution in [0.1, 0.15) is 41.0 Å². The first kappa shape index (κ1) is 20.2. The Bertz CT molecular complexity index is 265. The zero-order valence-electron chi connectivity index (χ0n) is 14.9. The minimum atomic E-state index is 0.512. The van der Waals surface area contributed by atoms with Crippen molar-refractivity contribution in [1.82, 2.24) is 15.5 Å². The largest absolute Gasteiger partial charge is 0.383 e. The van der Waals surface area contributed by atoms with E-state index in [-0.39, 0.29) is 0 Å². The SMILES string of the molecule is CCNC(=NCC(CC(C)C)N(CC)CC)NCCOC. The quantitative estimate of drug-likeness (QED) is 0.348. The van der Waals surface area contributed by atoms with Crippen LogP contribution < -0.4 is 10.6 Å². The van der Waals surface area contributed by atoms with Crippen molar-refractivity contribution in [3.05, 3.63) is 0 Å². The van der Waals surface area contributed by atoms with E-state index < -0.39 is 0 Å². The van der Waals surface area contributed by atoms with Gasteiger partial charge in [0.15, 0.2) is 5.96 Å². The predicted octanol–water partition coefficient (Wildman–Crippen LogP) is 1.94. The third kappa shape index (κ3) is 9.69. The van der Waals surface area contributed by atoms with Crippen molar-refractivity contribution < 1.29 is 4.74 Å². The molecule has 0 fully saturated rings. The van der Waals surface area contributed by atoms with E-state index in [1.807, 2.05) is 0 Å². The van der Waals surface area contributed by atoms with E-state index in [0.717, 1.165) is 38.7 Å². The summed E-state index contributed by atoms with van der Waals surface area (Å²) in [6.07, 6.45) is 1.18. The Kier molecular flexibility index (Phi) is 12.4. The molecule has 0 aromatic carbocycles. The van der Waals surface area contributed by atoms with Gasteiger partial charge in [0.2, 0.25) is 0 Å². The molecular weight excluding hydrogens is 264 g/mol. The molecule has 0 rings (SSSR count). The number of likely N-dealkylation sites (N-methyl/N-ethyl adjacent to an activating group) is 1. The lowest BCUT2D eigenvalue weighted by molar-refractivity contribution is 0.195. The summed E-state index contributed by atoms with van der Waals surface area (Å²) in [4.78, 5) is 7.25. The van der Waals surface area contributed by atoms with Gasteiger partial charge in [-0.15, -0.1) is 0 Å². The number of ether oxygens (including phenoxy) is 1. The van der Waals surface area contributed by atoms with E-state index in [1.54, 1.807) is 7.11 Å². The lowest BCUT2D eigenvalue weighted by Crippen LogP contribution is -2.42. The second kappa shape index (κ2) is 12.9. The topological polar surface area (TPSA) is 48.9 Å². The van der Waals surface area contributed by atoms with Gasteiger partial charge in [-0.3, -0.25) is 9.89 Å². The fraction of sp³-hybridized carbons (Fsp3) is 0.938. The molecule has 5 heteroatoms. The number of rotatable bonds is 11. The third-order valence-electron chi connectivity index (χ3n) is 3.48. The van der Waals surface area contributed by atoms with Gasteiger partial charge < -0.3 is 15.4 Å². The Morgan fingerprint density at radius 2 is 1.81 bits per heavy atom. The molecule has 1 atom stereocenters. The van der Waals surface area contributed by atoms with Gasteiger partial charge in [0.05, 0.1) is 13.2 Å². The number of nitrogens with one attached hydrogen (secondary N) is 2. The molecule has 2 N–H and O–H groups in total. The molecule has 126 valence electrons. The van der Waals surface area contributed by atoms with Gasteiger partial charge in [-0.25, -0.2) is 0 Å². The summed E-state index contributed by atoms with van der Waals surface area (Å²) in [6, 6.07) is 0.512. The first-order valence-electron chi connectivity index (χ1n) is 8.34. The minimum absolute atomic E-state index is 0.512. The van der Waals surface area contributed by atoms with E-state index in [9.17, 15) is 0 Å². The number of aliphatic imine (C=N–C) groups is 1. The lowest BCUT2D eigenvalue weighted by Gasteiger charge is -2.30. The van der Waals surface area contributed by atoms with Crippen molar-refractivity contribution in [3.8, 4) is 0 Å². The summed E-state index contributed by atoms with van der Waals surface area (Å²) in [6.45, 7) is 16.4. The van der Waals surface area contributed by atoms with Crippen LogP contribution in [0.3, 0.4) is 0 Å². The van der Waals surface area contributed by atoms with Crippen molar-refractivity contribution in [1.29, 1.82) is 0 Å². The molecule has 0 saturated carbocycles. The van der Waals surface area contributed by atoms with E-state index in [0.29, 0.717) is 18.6 Å². The summed E-state index contributed by atoms with van der Waals surface area (Å²) in [5.41, 5.74) is 0.